The van der Waals surface area contributed by atoms with Crippen LogP contribution in [0.4, 0.5) is 0 Å². The molecule has 162 valence electrons. The number of likely N-dealkylation sites (tertiary alicyclic amines) is 2. The molecule has 2 rings (SSSR count). The summed E-state index contributed by atoms with van der Waals surface area (Å²) >= 11 is 0. The highest BCUT2D eigenvalue weighted by molar-refractivity contribution is 5.94. The first kappa shape index (κ1) is 22.6. The Morgan fingerprint density at radius 3 is 2.10 bits per heavy atom. The number of nitrogens with one attached hydrogen (secondary N) is 1. The van der Waals surface area contributed by atoms with E-state index >= 15 is 0 Å². The van der Waals surface area contributed by atoms with Crippen molar-refractivity contribution in [1.29, 1.82) is 0 Å². The first-order valence-corrected chi connectivity index (χ1v) is 9.75. The highest BCUT2D eigenvalue weighted by Gasteiger charge is 2.39. The van der Waals surface area contributed by atoms with E-state index in [1.165, 1.54) is 16.7 Å². The number of aliphatic carboxylic acids is 2. The van der Waals surface area contributed by atoms with Crippen LogP contribution in [0.1, 0.15) is 45.4 Å². The van der Waals surface area contributed by atoms with Gasteiger partial charge in [-0.2, -0.15) is 0 Å². The fraction of sp³-hybridized carbons (Fsp3) is 0.722. The van der Waals surface area contributed by atoms with Gasteiger partial charge in [-0.15, -0.1) is 0 Å². The number of nitrogens with two attached hydrogens (primary N) is 1. The molecule has 2 fully saturated rings. The Bertz CT molecular complexity index is 683. The maximum absolute atomic E-state index is 12.7. The summed E-state index contributed by atoms with van der Waals surface area (Å²) < 4.78 is 0. The highest BCUT2D eigenvalue weighted by Crippen LogP contribution is 2.21. The number of carboxylic acid groups (broad SMARTS) is 2. The van der Waals surface area contributed by atoms with E-state index in [-0.39, 0.29) is 12.8 Å². The molecule has 0 radical (unpaired) electrons. The van der Waals surface area contributed by atoms with Gasteiger partial charge in [0.2, 0.25) is 17.7 Å². The number of carbonyl (C=O) groups is 5. The van der Waals surface area contributed by atoms with Crippen LogP contribution in [-0.2, 0) is 24.0 Å². The van der Waals surface area contributed by atoms with Crippen LogP contribution >= 0.6 is 0 Å². The molecule has 29 heavy (non-hydrogen) atoms. The van der Waals surface area contributed by atoms with Crippen LogP contribution < -0.4 is 11.1 Å². The maximum atomic E-state index is 12.7. The number of carboxylic acids is 2. The molecule has 3 amide bonds. The molecule has 0 aromatic rings. The third kappa shape index (κ3) is 5.43. The average Bonchev–Trinajstić information content (AvgIpc) is 3.33. The molecule has 4 unspecified atom stereocenters. The van der Waals surface area contributed by atoms with Gasteiger partial charge in [-0.05, 0) is 39.0 Å². The predicted octanol–water partition coefficient (Wildman–Crippen LogP) is -1.25. The number of carbonyl (C=O) groups excluding carboxylic acids is 3. The summed E-state index contributed by atoms with van der Waals surface area (Å²) in [5, 5.41) is 20.5. The largest absolute Gasteiger partial charge is 0.481 e. The topological polar surface area (TPSA) is 170 Å². The van der Waals surface area contributed by atoms with Gasteiger partial charge in [0.15, 0.2) is 0 Å². The van der Waals surface area contributed by atoms with Crippen LogP contribution in [0.15, 0.2) is 0 Å². The van der Waals surface area contributed by atoms with E-state index in [2.05, 4.69) is 5.32 Å². The summed E-state index contributed by atoms with van der Waals surface area (Å²) in [5.74, 6) is -3.60. The molecule has 2 saturated heterocycles. The standard InChI is InChI=1S/C18H28N4O7/c1-10(16(26)22-9-3-5-13(22)18(28)29)20-15(25)12-4-2-8-21(12)17(27)11(19)6-7-14(23)24/h10-13H,2-9,19H2,1H3,(H,20,25)(H,23,24)(H,28,29). The van der Waals surface area contributed by atoms with E-state index in [9.17, 15) is 29.1 Å². The molecule has 4 atom stereocenters. The van der Waals surface area contributed by atoms with Crippen molar-refractivity contribution in [1.82, 2.24) is 15.1 Å². The van der Waals surface area contributed by atoms with Crippen molar-refractivity contribution in [3.8, 4) is 0 Å². The fourth-order valence-corrected chi connectivity index (χ4v) is 3.83. The second kappa shape index (κ2) is 9.68. The smallest absolute Gasteiger partial charge is 0.326 e. The lowest BCUT2D eigenvalue weighted by atomic mass is 10.1. The Balaban J connectivity index is 1.96. The molecule has 0 aliphatic carbocycles. The zero-order chi connectivity index (χ0) is 21.7. The van der Waals surface area contributed by atoms with Crippen LogP contribution in [0.25, 0.3) is 0 Å². The minimum atomic E-state index is -1.07. The van der Waals surface area contributed by atoms with Gasteiger partial charge in [0, 0.05) is 19.5 Å². The molecule has 5 N–H and O–H groups in total. The van der Waals surface area contributed by atoms with E-state index in [0.29, 0.717) is 38.8 Å². The molecule has 0 spiro atoms. The molecule has 2 heterocycles. The highest BCUT2D eigenvalue weighted by atomic mass is 16.4. The van der Waals surface area contributed by atoms with Gasteiger partial charge < -0.3 is 31.1 Å². The number of amides is 3. The molecule has 0 bridgehead atoms. The van der Waals surface area contributed by atoms with Gasteiger partial charge >= 0.3 is 11.9 Å². The second-order valence-corrected chi connectivity index (χ2v) is 7.49. The Hall–Kier alpha value is -2.69. The fourth-order valence-electron chi connectivity index (χ4n) is 3.83. The van der Waals surface area contributed by atoms with Gasteiger partial charge in [0.05, 0.1) is 6.04 Å². The Morgan fingerprint density at radius 2 is 1.55 bits per heavy atom. The van der Waals surface area contributed by atoms with Crippen molar-refractivity contribution in [2.45, 2.75) is 69.6 Å². The third-order valence-corrected chi connectivity index (χ3v) is 5.38. The van der Waals surface area contributed by atoms with Crippen LogP contribution in [0, 0.1) is 0 Å². The van der Waals surface area contributed by atoms with Gasteiger partial charge in [-0.1, -0.05) is 0 Å². The Labute approximate surface area is 168 Å². The lowest BCUT2D eigenvalue weighted by Crippen LogP contribution is -2.55. The molecule has 2 aliphatic rings. The summed E-state index contributed by atoms with van der Waals surface area (Å²) in [6.07, 6.45) is 1.68. The summed E-state index contributed by atoms with van der Waals surface area (Å²) in [4.78, 5) is 62.3. The normalized spacial score (nSPS) is 23.5. The second-order valence-electron chi connectivity index (χ2n) is 7.49. The van der Waals surface area contributed by atoms with Crippen molar-refractivity contribution in [3.05, 3.63) is 0 Å². The van der Waals surface area contributed by atoms with E-state index < -0.39 is 53.8 Å². The summed E-state index contributed by atoms with van der Waals surface area (Å²) in [7, 11) is 0. The SMILES string of the molecule is CC(NC(=O)C1CCCN1C(=O)C(N)CCC(=O)O)C(=O)N1CCCC1C(=O)O. The first-order chi connectivity index (χ1) is 13.6. The van der Waals surface area contributed by atoms with Gasteiger partial charge in [0.1, 0.15) is 18.1 Å². The molecule has 11 heteroatoms. The third-order valence-electron chi connectivity index (χ3n) is 5.38. The quantitative estimate of drug-likeness (QED) is 0.383. The van der Waals surface area contributed by atoms with Crippen molar-refractivity contribution in [2.75, 3.05) is 13.1 Å². The predicted molar refractivity (Wildman–Crippen MR) is 99.6 cm³/mol. The van der Waals surface area contributed by atoms with E-state index in [1.54, 1.807) is 0 Å². The number of rotatable bonds is 8. The molecule has 0 aromatic carbocycles. The van der Waals surface area contributed by atoms with Gasteiger partial charge in [-0.3, -0.25) is 19.2 Å². The maximum Gasteiger partial charge on any atom is 0.326 e. The summed E-state index contributed by atoms with van der Waals surface area (Å²) in [6, 6.07) is -3.62. The van der Waals surface area contributed by atoms with Crippen LogP contribution in [-0.4, -0.2) is 86.9 Å². The molecule has 0 aromatic heterocycles. The summed E-state index contributed by atoms with van der Waals surface area (Å²) in [6.45, 7) is 2.13. The molecule has 2 aliphatic heterocycles. The lowest BCUT2D eigenvalue weighted by Gasteiger charge is -2.29. The molecular weight excluding hydrogens is 384 g/mol. The van der Waals surface area contributed by atoms with Crippen molar-refractivity contribution in [3.63, 3.8) is 0 Å². The zero-order valence-electron chi connectivity index (χ0n) is 16.4. The van der Waals surface area contributed by atoms with Crippen LogP contribution in [0.2, 0.25) is 0 Å². The molecule has 0 saturated carbocycles. The first-order valence-electron chi connectivity index (χ1n) is 9.75. The van der Waals surface area contributed by atoms with Gasteiger partial charge in [0.25, 0.3) is 0 Å². The minimum absolute atomic E-state index is 0.0283. The van der Waals surface area contributed by atoms with Crippen molar-refractivity contribution in [2.24, 2.45) is 5.73 Å². The number of hydrogen-bond donors (Lipinski definition) is 4. The van der Waals surface area contributed by atoms with Gasteiger partial charge in [-0.25, -0.2) is 4.79 Å². The van der Waals surface area contributed by atoms with E-state index in [1.807, 2.05) is 0 Å². The monoisotopic (exact) mass is 412 g/mol. The van der Waals surface area contributed by atoms with Crippen molar-refractivity contribution >= 4 is 29.7 Å². The Morgan fingerprint density at radius 1 is 1.00 bits per heavy atom. The molecular formula is C18H28N4O7. The zero-order valence-corrected chi connectivity index (χ0v) is 16.4. The molecule has 11 nitrogen and oxygen atoms in total. The van der Waals surface area contributed by atoms with E-state index in [0.717, 1.165) is 0 Å². The van der Waals surface area contributed by atoms with E-state index in [4.69, 9.17) is 10.8 Å². The number of hydrogen-bond acceptors (Lipinski definition) is 6. The Kier molecular flexibility index (Phi) is 7.54. The lowest BCUT2D eigenvalue weighted by molar-refractivity contribution is -0.149. The average molecular weight is 412 g/mol. The number of nitrogens with zero attached hydrogens (tertiary/aromatic N) is 2. The minimum Gasteiger partial charge on any atom is -0.481 e. The van der Waals surface area contributed by atoms with Crippen LogP contribution in [0.3, 0.4) is 0 Å². The van der Waals surface area contributed by atoms with Crippen LogP contribution in [0.5, 0.6) is 0 Å². The van der Waals surface area contributed by atoms with Crippen molar-refractivity contribution < 1.29 is 34.2 Å². The summed E-state index contributed by atoms with van der Waals surface area (Å²) in [5.41, 5.74) is 5.78.